The fourth-order valence-electron chi connectivity index (χ4n) is 1.22. The van der Waals surface area contributed by atoms with E-state index in [1.54, 1.807) is 0 Å². The lowest BCUT2D eigenvalue weighted by molar-refractivity contribution is -0.146. The molecule has 10 heavy (non-hydrogen) atoms. The van der Waals surface area contributed by atoms with Gasteiger partial charge in [0.1, 0.15) is 6.10 Å². The summed E-state index contributed by atoms with van der Waals surface area (Å²) in [5, 5.41) is 0. The van der Waals surface area contributed by atoms with Crippen LogP contribution < -0.4 is 0 Å². The van der Waals surface area contributed by atoms with Gasteiger partial charge in [0.25, 0.3) is 0 Å². The first-order chi connectivity index (χ1) is 4.86. The predicted octanol–water partition coefficient (Wildman–Crippen LogP) is 1.32. The Morgan fingerprint density at radius 2 is 2.60 bits per heavy atom. The third kappa shape index (κ3) is 0.944. The van der Waals surface area contributed by atoms with E-state index >= 15 is 0 Å². The minimum atomic E-state index is -0.0729. The van der Waals surface area contributed by atoms with Crippen molar-refractivity contribution < 1.29 is 9.53 Å². The van der Waals surface area contributed by atoms with E-state index in [1.165, 1.54) is 4.91 Å². The maximum absolute atomic E-state index is 10.7. The van der Waals surface area contributed by atoms with E-state index < -0.39 is 0 Å². The fourth-order valence-corrected chi connectivity index (χ4v) is 2.34. The van der Waals surface area contributed by atoms with Crippen LogP contribution in [-0.2, 0) is 9.53 Å². The zero-order valence-corrected chi connectivity index (χ0v) is 6.32. The standard InChI is InChI=1S/C7H8O2S/c8-7-2-1-6-5(9-7)3-4-10-6/h1,5H,2-4H2. The fraction of sp³-hybridized carbons (Fsp3) is 0.571. The van der Waals surface area contributed by atoms with Gasteiger partial charge in [-0.2, -0.15) is 0 Å². The summed E-state index contributed by atoms with van der Waals surface area (Å²) in [6, 6.07) is 0. The van der Waals surface area contributed by atoms with Crippen molar-refractivity contribution in [2.75, 3.05) is 5.75 Å². The van der Waals surface area contributed by atoms with Crippen molar-refractivity contribution in [2.24, 2.45) is 0 Å². The van der Waals surface area contributed by atoms with Crippen LogP contribution in [0.2, 0.25) is 0 Å². The Morgan fingerprint density at radius 1 is 1.70 bits per heavy atom. The van der Waals surface area contributed by atoms with Crippen LogP contribution in [0.15, 0.2) is 11.0 Å². The van der Waals surface area contributed by atoms with Crippen molar-refractivity contribution in [3.05, 3.63) is 11.0 Å². The first-order valence-electron chi connectivity index (χ1n) is 3.38. The molecule has 0 N–H and O–H groups in total. The van der Waals surface area contributed by atoms with Crippen molar-refractivity contribution in [1.29, 1.82) is 0 Å². The zero-order valence-electron chi connectivity index (χ0n) is 5.50. The first-order valence-corrected chi connectivity index (χ1v) is 4.37. The summed E-state index contributed by atoms with van der Waals surface area (Å²) in [7, 11) is 0. The van der Waals surface area contributed by atoms with E-state index in [-0.39, 0.29) is 12.1 Å². The van der Waals surface area contributed by atoms with Gasteiger partial charge in [-0.05, 0) is 6.42 Å². The maximum atomic E-state index is 10.7. The Kier molecular flexibility index (Phi) is 1.45. The minimum Gasteiger partial charge on any atom is -0.457 e. The topological polar surface area (TPSA) is 26.3 Å². The number of carbonyl (C=O) groups is 1. The SMILES string of the molecule is O=C1CC=C2SCCC2O1. The smallest absolute Gasteiger partial charge is 0.310 e. The van der Waals surface area contributed by atoms with E-state index in [0.717, 1.165) is 12.2 Å². The second-order valence-corrected chi connectivity index (χ2v) is 3.59. The molecule has 0 aliphatic carbocycles. The van der Waals surface area contributed by atoms with Gasteiger partial charge in [0, 0.05) is 10.7 Å². The van der Waals surface area contributed by atoms with Gasteiger partial charge < -0.3 is 4.74 Å². The van der Waals surface area contributed by atoms with Gasteiger partial charge in [0.15, 0.2) is 0 Å². The third-order valence-electron chi connectivity index (χ3n) is 1.71. The molecule has 2 rings (SSSR count). The zero-order chi connectivity index (χ0) is 6.97. The summed E-state index contributed by atoms with van der Waals surface area (Å²) >= 11 is 1.81. The number of fused-ring (bicyclic) bond motifs is 1. The average Bonchev–Trinajstić information content (AvgIpc) is 2.33. The molecule has 2 nitrogen and oxygen atoms in total. The molecule has 1 unspecified atom stereocenters. The lowest BCUT2D eigenvalue weighted by atomic mass is 10.2. The maximum Gasteiger partial charge on any atom is 0.310 e. The van der Waals surface area contributed by atoms with Crippen LogP contribution in [0.1, 0.15) is 12.8 Å². The van der Waals surface area contributed by atoms with Crippen molar-refractivity contribution in [1.82, 2.24) is 0 Å². The highest BCUT2D eigenvalue weighted by Gasteiger charge is 2.28. The van der Waals surface area contributed by atoms with Crippen molar-refractivity contribution in [3.63, 3.8) is 0 Å². The lowest BCUT2D eigenvalue weighted by Gasteiger charge is -2.16. The molecule has 0 amide bonds. The van der Waals surface area contributed by atoms with E-state index in [1.807, 2.05) is 17.8 Å². The van der Waals surface area contributed by atoms with Crippen LogP contribution in [0.5, 0.6) is 0 Å². The highest BCUT2D eigenvalue weighted by molar-refractivity contribution is 8.03. The molecule has 1 atom stereocenters. The largest absolute Gasteiger partial charge is 0.457 e. The molecule has 1 saturated heterocycles. The van der Waals surface area contributed by atoms with Crippen LogP contribution in [0.25, 0.3) is 0 Å². The van der Waals surface area contributed by atoms with Crippen LogP contribution in [-0.4, -0.2) is 17.8 Å². The summed E-state index contributed by atoms with van der Waals surface area (Å²) in [6.45, 7) is 0. The minimum absolute atomic E-state index is 0.0729. The second kappa shape index (κ2) is 2.31. The Labute approximate surface area is 63.6 Å². The van der Waals surface area contributed by atoms with Crippen LogP contribution in [0, 0.1) is 0 Å². The van der Waals surface area contributed by atoms with Crippen molar-refractivity contribution >= 4 is 17.7 Å². The Hall–Kier alpha value is -0.440. The van der Waals surface area contributed by atoms with Gasteiger partial charge in [0.05, 0.1) is 6.42 Å². The molecule has 0 aromatic carbocycles. The molecule has 0 spiro atoms. The summed E-state index contributed by atoms with van der Waals surface area (Å²) in [5.41, 5.74) is 0. The number of carbonyl (C=O) groups excluding carboxylic acids is 1. The summed E-state index contributed by atoms with van der Waals surface area (Å²) in [4.78, 5) is 12.0. The molecule has 2 heterocycles. The van der Waals surface area contributed by atoms with Gasteiger partial charge in [-0.1, -0.05) is 6.08 Å². The third-order valence-corrected chi connectivity index (χ3v) is 2.91. The number of hydrogen-bond acceptors (Lipinski definition) is 3. The lowest BCUT2D eigenvalue weighted by Crippen LogP contribution is -2.19. The highest BCUT2D eigenvalue weighted by atomic mass is 32.2. The van der Waals surface area contributed by atoms with E-state index in [2.05, 4.69) is 0 Å². The molecule has 2 aliphatic rings. The summed E-state index contributed by atoms with van der Waals surface area (Å²) in [6.07, 6.45) is 3.58. The normalized spacial score (nSPS) is 31.0. The number of rotatable bonds is 0. The van der Waals surface area contributed by atoms with E-state index in [9.17, 15) is 4.79 Å². The van der Waals surface area contributed by atoms with E-state index in [0.29, 0.717) is 6.42 Å². The monoisotopic (exact) mass is 156 g/mol. The highest BCUT2D eigenvalue weighted by Crippen LogP contribution is 2.35. The molecule has 3 heteroatoms. The van der Waals surface area contributed by atoms with Gasteiger partial charge >= 0.3 is 5.97 Å². The van der Waals surface area contributed by atoms with Gasteiger partial charge in [0.2, 0.25) is 0 Å². The van der Waals surface area contributed by atoms with Crippen molar-refractivity contribution in [2.45, 2.75) is 18.9 Å². The molecule has 0 aromatic heterocycles. The van der Waals surface area contributed by atoms with Gasteiger partial charge in [-0.3, -0.25) is 4.79 Å². The molecule has 0 aromatic rings. The molecule has 0 bridgehead atoms. The molecule has 1 fully saturated rings. The van der Waals surface area contributed by atoms with Crippen LogP contribution >= 0.6 is 11.8 Å². The van der Waals surface area contributed by atoms with Gasteiger partial charge in [-0.25, -0.2) is 0 Å². The molecular weight excluding hydrogens is 148 g/mol. The summed E-state index contributed by atoms with van der Waals surface area (Å²) < 4.78 is 5.08. The average molecular weight is 156 g/mol. The molecule has 0 saturated carbocycles. The Bertz CT molecular complexity index is 198. The Morgan fingerprint density at radius 3 is 3.50 bits per heavy atom. The number of hydrogen-bond donors (Lipinski definition) is 0. The summed E-state index contributed by atoms with van der Waals surface area (Å²) in [5.74, 6) is 1.03. The quantitative estimate of drug-likeness (QED) is 0.495. The molecule has 2 aliphatic heterocycles. The molecule has 0 radical (unpaired) electrons. The van der Waals surface area contributed by atoms with Crippen LogP contribution in [0.3, 0.4) is 0 Å². The predicted molar refractivity (Wildman–Crippen MR) is 39.7 cm³/mol. The number of thioether (sulfide) groups is 1. The Balaban J connectivity index is 2.20. The number of ether oxygens (including phenoxy) is 1. The first kappa shape index (κ1) is 6.28. The molecular formula is C7H8O2S. The van der Waals surface area contributed by atoms with Crippen molar-refractivity contribution in [3.8, 4) is 0 Å². The van der Waals surface area contributed by atoms with E-state index in [4.69, 9.17) is 4.74 Å². The number of esters is 1. The van der Waals surface area contributed by atoms with Crippen LogP contribution in [0.4, 0.5) is 0 Å². The molecule has 54 valence electrons. The second-order valence-electron chi connectivity index (χ2n) is 2.43. The van der Waals surface area contributed by atoms with Gasteiger partial charge in [-0.15, -0.1) is 11.8 Å².